The highest BCUT2D eigenvalue weighted by Crippen LogP contribution is 2.31. The average Bonchev–Trinajstić information content (AvgIpc) is 2.62. The quantitative estimate of drug-likeness (QED) is 0.836. The lowest BCUT2D eigenvalue weighted by molar-refractivity contribution is -0.137. The molecular weight excluding hydrogens is 324 g/mol. The fraction of sp³-hybridized carbons (Fsp3) is 0.636. The molecule has 144 valence electrons. The predicted octanol–water partition coefficient (Wildman–Crippen LogP) is 4.60. The zero-order chi connectivity index (χ0) is 19.3. The number of hydrogen-bond acceptors (Lipinski definition) is 2. The number of nitrogens with zero attached hydrogens (tertiary/aromatic N) is 1. The molecule has 1 aromatic rings. The molecule has 26 heavy (non-hydrogen) atoms. The molecule has 0 spiro atoms. The van der Waals surface area contributed by atoms with Gasteiger partial charge in [0.2, 0.25) is 11.8 Å². The molecule has 0 aliphatic heterocycles. The van der Waals surface area contributed by atoms with Gasteiger partial charge in [0.25, 0.3) is 0 Å². The van der Waals surface area contributed by atoms with E-state index in [0.29, 0.717) is 0 Å². The van der Waals surface area contributed by atoms with Crippen molar-refractivity contribution >= 4 is 17.5 Å². The minimum atomic E-state index is 0.0121. The van der Waals surface area contributed by atoms with Crippen molar-refractivity contribution in [1.82, 2.24) is 4.90 Å². The van der Waals surface area contributed by atoms with Crippen LogP contribution in [0.5, 0.6) is 0 Å². The number of hydrogen-bond donors (Lipinski definition) is 1. The van der Waals surface area contributed by atoms with Gasteiger partial charge in [-0.1, -0.05) is 32.9 Å². The molecule has 0 unspecified atom stereocenters. The van der Waals surface area contributed by atoms with E-state index >= 15 is 0 Å². The Morgan fingerprint density at radius 2 is 1.46 bits per heavy atom. The molecule has 4 heteroatoms. The first-order chi connectivity index (χ1) is 12.3. The summed E-state index contributed by atoms with van der Waals surface area (Å²) in [5.41, 5.74) is 2.22. The van der Waals surface area contributed by atoms with Gasteiger partial charge in [0.1, 0.15) is 0 Å². The molecule has 0 heterocycles. The molecule has 0 atom stereocenters. The third kappa shape index (κ3) is 5.09. The largest absolute Gasteiger partial charge is 0.343 e. The van der Waals surface area contributed by atoms with Gasteiger partial charge in [-0.3, -0.25) is 9.59 Å². The standard InChI is InChI=1S/C22H34N2O2/c1-6-24(7-2)21(26)17-10-8-16(9-11-17)20(25)23-19-14-12-18(13-15-19)22(3,4)5/h12-17H,6-11H2,1-5H3,(H,23,25). The summed E-state index contributed by atoms with van der Waals surface area (Å²) in [6, 6.07) is 8.12. The first-order valence-corrected chi connectivity index (χ1v) is 9.96. The van der Waals surface area contributed by atoms with Crippen LogP contribution < -0.4 is 5.32 Å². The van der Waals surface area contributed by atoms with E-state index in [2.05, 4.69) is 38.2 Å². The first kappa shape index (κ1) is 20.5. The molecule has 0 aromatic heterocycles. The van der Waals surface area contributed by atoms with E-state index in [1.807, 2.05) is 30.9 Å². The number of nitrogens with one attached hydrogen (secondary N) is 1. The normalized spacial score (nSPS) is 20.5. The van der Waals surface area contributed by atoms with E-state index in [4.69, 9.17) is 0 Å². The molecule has 2 rings (SSSR count). The zero-order valence-corrected chi connectivity index (χ0v) is 17.0. The van der Waals surface area contributed by atoms with Crippen LogP contribution in [-0.4, -0.2) is 29.8 Å². The smallest absolute Gasteiger partial charge is 0.227 e. The maximum absolute atomic E-state index is 12.6. The Morgan fingerprint density at radius 1 is 0.962 bits per heavy atom. The van der Waals surface area contributed by atoms with Crippen LogP contribution in [0.2, 0.25) is 0 Å². The van der Waals surface area contributed by atoms with Crippen molar-refractivity contribution in [3.63, 3.8) is 0 Å². The van der Waals surface area contributed by atoms with Gasteiger partial charge in [0, 0.05) is 30.6 Å². The highest BCUT2D eigenvalue weighted by molar-refractivity contribution is 5.92. The number of benzene rings is 1. The van der Waals surface area contributed by atoms with Crippen LogP contribution in [-0.2, 0) is 15.0 Å². The molecule has 1 fully saturated rings. The van der Waals surface area contributed by atoms with Gasteiger partial charge >= 0.3 is 0 Å². The molecule has 1 N–H and O–H groups in total. The van der Waals surface area contributed by atoms with E-state index in [1.165, 1.54) is 5.56 Å². The Kier molecular flexibility index (Phi) is 6.85. The van der Waals surface area contributed by atoms with E-state index in [0.717, 1.165) is 44.5 Å². The number of amides is 2. The van der Waals surface area contributed by atoms with Crippen LogP contribution in [0.15, 0.2) is 24.3 Å². The lowest BCUT2D eigenvalue weighted by Gasteiger charge is -2.30. The summed E-state index contributed by atoms with van der Waals surface area (Å²) >= 11 is 0. The van der Waals surface area contributed by atoms with Gasteiger partial charge in [0.15, 0.2) is 0 Å². The third-order valence-electron chi connectivity index (χ3n) is 5.54. The van der Waals surface area contributed by atoms with E-state index in [1.54, 1.807) is 0 Å². The lowest BCUT2D eigenvalue weighted by atomic mass is 9.81. The number of carbonyl (C=O) groups excluding carboxylic acids is 2. The van der Waals surface area contributed by atoms with E-state index in [-0.39, 0.29) is 29.1 Å². The summed E-state index contributed by atoms with van der Waals surface area (Å²) in [5.74, 6) is 0.442. The first-order valence-electron chi connectivity index (χ1n) is 9.96. The van der Waals surface area contributed by atoms with Crippen LogP contribution in [0.3, 0.4) is 0 Å². The maximum atomic E-state index is 12.6. The summed E-state index contributed by atoms with van der Waals surface area (Å²) in [4.78, 5) is 26.9. The molecule has 1 aliphatic carbocycles. The van der Waals surface area contributed by atoms with Gasteiger partial charge in [0.05, 0.1) is 0 Å². The highest BCUT2D eigenvalue weighted by Gasteiger charge is 2.31. The fourth-order valence-corrected chi connectivity index (χ4v) is 3.69. The molecule has 4 nitrogen and oxygen atoms in total. The summed E-state index contributed by atoms with van der Waals surface area (Å²) in [6.45, 7) is 12.1. The third-order valence-corrected chi connectivity index (χ3v) is 5.54. The lowest BCUT2D eigenvalue weighted by Crippen LogP contribution is -2.38. The molecule has 1 saturated carbocycles. The maximum Gasteiger partial charge on any atom is 0.227 e. The van der Waals surface area contributed by atoms with E-state index in [9.17, 15) is 9.59 Å². The molecule has 2 amide bonds. The Morgan fingerprint density at radius 3 is 1.92 bits per heavy atom. The molecule has 0 saturated heterocycles. The van der Waals surface area contributed by atoms with Gasteiger partial charge in [-0.15, -0.1) is 0 Å². The minimum Gasteiger partial charge on any atom is -0.343 e. The number of rotatable bonds is 5. The van der Waals surface area contributed by atoms with Crippen molar-refractivity contribution < 1.29 is 9.59 Å². The summed E-state index contributed by atoms with van der Waals surface area (Å²) in [6.07, 6.45) is 3.22. The van der Waals surface area contributed by atoms with Gasteiger partial charge in [-0.05, 0) is 62.6 Å². The van der Waals surface area contributed by atoms with Crippen molar-refractivity contribution in [3.8, 4) is 0 Å². The predicted molar refractivity (Wildman–Crippen MR) is 107 cm³/mol. The van der Waals surface area contributed by atoms with Crippen LogP contribution >= 0.6 is 0 Å². The van der Waals surface area contributed by atoms with Gasteiger partial charge in [-0.25, -0.2) is 0 Å². The molecule has 1 aliphatic rings. The van der Waals surface area contributed by atoms with Crippen molar-refractivity contribution in [3.05, 3.63) is 29.8 Å². The van der Waals surface area contributed by atoms with Crippen LogP contribution in [0.25, 0.3) is 0 Å². The van der Waals surface area contributed by atoms with Crippen molar-refractivity contribution in [2.45, 2.75) is 65.7 Å². The van der Waals surface area contributed by atoms with Crippen LogP contribution in [0.1, 0.15) is 65.9 Å². The second kappa shape index (κ2) is 8.70. The van der Waals surface area contributed by atoms with Crippen molar-refractivity contribution in [2.24, 2.45) is 11.8 Å². The minimum absolute atomic E-state index is 0.0121. The molecule has 0 bridgehead atoms. The van der Waals surface area contributed by atoms with Gasteiger partial charge in [-0.2, -0.15) is 0 Å². The van der Waals surface area contributed by atoms with Crippen LogP contribution in [0, 0.1) is 11.8 Å². The molecular formula is C22H34N2O2. The Balaban J connectivity index is 1.87. The second-order valence-electron chi connectivity index (χ2n) is 8.38. The summed E-state index contributed by atoms with van der Waals surface area (Å²) in [5, 5.41) is 3.05. The molecule has 0 radical (unpaired) electrons. The average molecular weight is 359 g/mol. The number of carbonyl (C=O) groups is 2. The number of anilines is 1. The topological polar surface area (TPSA) is 49.4 Å². The second-order valence-corrected chi connectivity index (χ2v) is 8.38. The van der Waals surface area contributed by atoms with Crippen molar-refractivity contribution in [1.29, 1.82) is 0 Å². The molecule has 1 aromatic carbocycles. The zero-order valence-electron chi connectivity index (χ0n) is 17.0. The monoisotopic (exact) mass is 358 g/mol. The highest BCUT2D eigenvalue weighted by atomic mass is 16.2. The fourth-order valence-electron chi connectivity index (χ4n) is 3.69. The Labute approximate surface area is 158 Å². The van der Waals surface area contributed by atoms with Crippen molar-refractivity contribution in [2.75, 3.05) is 18.4 Å². The summed E-state index contributed by atoms with van der Waals surface area (Å²) in [7, 11) is 0. The van der Waals surface area contributed by atoms with E-state index < -0.39 is 0 Å². The van der Waals surface area contributed by atoms with Crippen LogP contribution in [0.4, 0.5) is 5.69 Å². The Bertz CT molecular complexity index is 604. The van der Waals surface area contributed by atoms with Gasteiger partial charge < -0.3 is 10.2 Å². The Hall–Kier alpha value is -1.84. The SMILES string of the molecule is CCN(CC)C(=O)C1CCC(C(=O)Nc2ccc(C(C)(C)C)cc2)CC1. The summed E-state index contributed by atoms with van der Waals surface area (Å²) < 4.78 is 0.